The molecule has 1 unspecified atom stereocenters. The highest BCUT2D eigenvalue weighted by molar-refractivity contribution is 6.00. The second-order valence-electron chi connectivity index (χ2n) is 8.83. The van der Waals surface area contributed by atoms with Crippen LogP contribution in [0.4, 0.5) is 0 Å². The van der Waals surface area contributed by atoms with Crippen molar-refractivity contribution in [2.24, 2.45) is 7.05 Å². The summed E-state index contributed by atoms with van der Waals surface area (Å²) >= 11 is 0. The van der Waals surface area contributed by atoms with Gasteiger partial charge >= 0.3 is 0 Å². The molecule has 162 valence electrons. The fourth-order valence-corrected chi connectivity index (χ4v) is 5.07. The first-order valence-electron chi connectivity index (χ1n) is 11.7. The van der Waals surface area contributed by atoms with E-state index >= 15 is 0 Å². The highest BCUT2D eigenvalue weighted by Crippen LogP contribution is 2.46. The number of para-hydroxylation sites is 1. The van der Waals surface area contributed by atoms with Crippen molar-refractivity contribution >= 4 is 16.8 Å². The summed E-state index contributed by atoms with van der Waals surface area (Å²) in [5.41, 5.74) is 6.98. The van der Waals surface area contributed by atoms with Crippen LogP contribution in [0, 0.1) is 0 Å². The molecule has 3 heteroatoms. The van der Waals surface area contributed by atoms with Crippen LogP contribution >= 0.6 is 0 Å². The van der Waals surface area contributed by atoms with E-state index in [-0.39, 0.29) is 11.9 Å². The molecule has 2 aromatic carbocycles. The lowest BCUT2D eigenvalue weighted by atomic mass is 9.93. The first-order chi connectivity index (χ1) is 15.1. The number of nitrogens with zero attached hydrogens (tertiary/aromatic N) is 2. The van der Waals surface area contributed by atoms with Gasteiger partial charge < -0.3 is 9.47 Å². The molecule has 0 radical (unpaired) electrons. The van der Waals surface area contributed by atoms with Gasteiger partial charge in [-0.1, -0.05) is 81.1 Å². The molecule has 1 aliphatic heterocycles. The Labute approximate surface area is 186 Å². The monoisotopic (exact) mass is 414 g/mol. The summed E-state index contributed by atoms with van der Waals surface area (Å²) in [6, 6.07) is 19.2. The maximum atomic E-state index is 13.3. The lowest BCUT2D eigenvalue weighted by molar-refractivity contribution is -0.127. The summed E-state index contributed by atoms with van der Waals surface area (Å²) in [5.74, 6) is 0.199. The fourth-order valence-electron chi connectivity index (χ4n) is 5.07. The van der Waals surface area contributed by atoms with Gasteiger partial charge in [0.15, 0.2) is 0 Å². The zero-order chi connectivity index (χ0) is 22.0. The molecular formula is C28H34N2O. The van der Waals surface area contributed by atoms with Crippen molar-refractivity contribution in [1.29, 1.82) is 0 Å². The predicted octanol–water partition coefficient (Wildman–Crippen LogP) is 7.04. The Bertz CT molecular complexity index is 1110. The Balaban J connectivity index is 1.83. The van der Waals surface area contributed by atoms with Crippen LogP contribution in [0.25, 0.3) is 22.2 Å². The van der Waals surface area contributed by atoms with Crippen LogP contribution in [-0.2, 0) is 11.8 Å². The summed E-state index contributed by atoms with van der Waals surface area (Å²) in [4.78, 5) is 15.4. The van der Waals surface area contributed by atoms with Gasteiger partial charge in [0.1, 0.15) is 0 Å². The summed E-state index contributed by atoms with van der Waals surface area (Å²) in [7, 11) is 2.14. The van der Waals surface area contributed by atoms with Gasteiger partial charge in [-0.2, -0.15) is 0 Å². The maximum absolute atomic E-state index is 13.3. The number of amides is 1. The van der Waals surface area contributed by atoms with Crippen molar-refractivity contribution < 1.29 is 4.79 Å². The average Bonchev–Trinajstić information content (AvgIpc) is 3.20. The summed E-state index contributed by atoms with van der Waals surface area (Å²) in [6.45, 7) is 7.20. The third-order valence-corrected chi connectivity index (χ3v) is 6.86. The van der Waals surface area contributed by atoms with E-state index in [0.717, 1.165) is 18.5 Å². The predicted molar refractivity (Wildman–Crippen MR) is 130 cm³/mol. The van der Waals surface area contributed by atoms with Gasteiger partial charge in [0.05, 0.1) is 11.7 Å². The molecule has 31 heavy (non-hydrogen) atoms. The van der Waals surface area contributed by atoms with E-state index in [0.29, 0.717) is 0 Å². The van der Waals surface area contributed by atoms with Crippen molar-refractivity contribution in [2.45, 2.75) is 58.9 Å². The Morgan fingerprint density at radius 2 is 1.55 bits per heavy atom. The molecule has 3 aromatic rings. The molecule has 0 fully saturated rings. The minimum Gasteiger partial charge on any atom is -0.343 e. The molecule has 1 amide bonds. The number of carbonyl (C=O) groups excluding carboxylic acids is 1. The molecule has 0 saturated carbocycles. The molecule has 0 bridgehead atoms. The van der Waals surface area contributed by atoms with Crippen LogP contribution < -0.4 is 0 Å². The van der Waals surface area contributed by atoms with Crippen LogP contribution in [0.1, 0.15) is 64.5 Å². The van der Waals surface area contributed by atoms with Crippen LogP contribution in [0.15, 0.2) is 65.7 Å². The molecule has 0 saturated heterocycles. The number of carbonyl (C=O) groups is 1. The minimum absolute atomic E-state index is 0.0000173. The number of unbranched alkanes of at least 4 members (excludes halogenated alkanes) is 4. The quantitative estimate of drug-likeness (QED) is 0.363. The number of rotatable bonds is 8. The number of aryl methyl sites for hydroxylation is 1. The molecule has 2 heterocycles. The van der Waals surface area contributed by atoms with Gasteiger partial charge in [0, 0.05) is 35.6 Å². The van der Waals surface area contributed by atoms with Gasteiger partial charge in [-0.15, -0.1) is 0 Å². The first-order valence-corrected chi connectivity index (χ1v) is 11.7. The summed E-state index contributed by atoms with van der Waals surface area (Å²) < 4.78 is 2.30. The molecule has 1 aliphatic rings. The third kappa shape index (κ3) is 3.82. The molecule has 4 rings (SSSR count). The van der Waals surface area contributed by atoms with Crippen molar-refractivity contribution in [3.8, 4) is 11.3 Å². The number of fused-ring (bicyclic) bond motifs is 1. The Morgan fingerprint density at radius 1 is 0.871 bits per heavy atom. The second-order valence-corrected chi connectivity index (χ2v) is 8.83. The molecule has 1 aromatic heterocycles. The van der Waals surface area contributed by atoms with E-state index in [1.54, 1.807) is 0 Å². The van der Waals surface area contributed by atoms with Crippen LogP contribution in [0.3, 0.4) is 0 Å². The fraction of sp³-hybridized carbons (Fsp3) is 0.393. The van der Waals surface area contributed by atoms with Gasteiger partial charge in [0.2, 0.25) is 5.91 Å². The SMILES string of the molecule is CCCCCCCN1C(=O)C(C)=C(C)C1c1c(-c2ccccc2)n(C)c2ccccc12. The molecule has 0 spiro atoms. The van der Waals surface area contributed by atoms with Crippen LogP contribution in [0.5, 0.6) is 0 Å². The average molecular weight is 415 g/mol. The number of aromatic nitrogens is 1. The minimum atomic E-state index is -0.0000173. The Hall–Kier alpha value is -2.81. The normalized spacial score (nSPS) is 16.7. The summed E-state index contributed by atoms with van der Waals surface area (Å²) in [5, 5.41) is 1.24. The maximum Gasteiger partial charge on any atom is 0.250 e. The zero-order valence-electron chi connectivity index (χ0n) is 19.3. The number of benzene rings is 2. The standard InChI is InChI=1S/C28H34N2O/c1-5-6-7-8-14-19-30-26(20(2)21(3)28(30)31)25-23-17-12-13-18-24(23)29(4)27(25)22-15-10-9-11-16-22/h9-13,15-18,26H,5-8,14,19H2,1-4H3. The van der Waals surface area contributed by atoms with Gasteiger partial charge in [0.25, 0.3) is 0 Å². The molecular weight excluding hydrogens is 380 g/mol. The van der Waals surface area contributed by atoms with E-state index in [9.17, 15) is 4.79 Å². The largest absolute Gasteiger partial charge is 0.343 e. The van der Waals surface area contributed by atoms with Crippen LogP contribution in [-0.4, -0.2) is 21.9 Å². The van der Waals surface area contributed by atoms with E-state index in [1.807, 2.05) is 6.92 Å². The molecule has 0 aliphatic carbocycles. The summed E-state index contributed by atoms with van der Waals surface area (Å²) in [6.07, 6.45) is 6.01. The van der Waals surface area contributed by atoms with E-state index in [1.165, 1.54) is 59.0 Å². The van der Waals surface area contributed by atoms with Crippen LogP contribution in [0.2, 0.25) is 0 Å². The number of hydrogen-bond acceptors (Lipinski definition) is 1. The molecule has 1 atom stereocenters. The lowest BCUT2D eigenvalue weighted by Crippen LogP contribution is -2.31. The van der Waals surface area contributed by atoms with Gasteiger partial charge in [-0.25, -0.2) is 0 Å². The zero-order valence-corrected chi connectivity index (χ0v) is 19.3. The Morgan fingerprint density at radius 3 is 2.29 bits per heavy atom. The van der Waals surface area contributed by atoms with Crippen molar-refractivity contribution in [3.05, 3.63) is 71.3 Å². The second kappa shape index (κ2) is 9.13. The van der Waals surface area contributed by atoms with E-state index in [2.05, 4.69) is 85.0 Å². The van der Waals surface area contributed by atoms with Crippen molar-refractivity contribution in [2.75, 3.05) is 6.54 Å². The number of hydrogen-bond donors (Lipinski definition) is 0. The van der Waals surface area contributed by atoms with E-state index < -0.39 is 0 Å². The smallest absolute Gasteiger partial charge is 0.250 e. The molecule has 3 nitrogen and oxygen atoms in total. The highest BCUT2D eigenvalue weighted by Gasteiger charge is 2.38. The third-order valence-electron chi connectivity index (χ3n) is 6.86. The van der Waals surface area contributed by atoms with E-state index in [4.69, 9.17) is 0 Å². The highest BCUT2D eigenvalue weighted by atomic mass is 16.2. The topological polar surface area (TPSA) is 25.2 Å². The van der Waals surface area contributed by atoms with Crippen molar-refractivity contribution in [1.82, 2.24) is 9.47 Å². The first kappa shape index (κ1) is 21.4. The van der Waals surface area contributed by atoms with Crippen molar-refractivity contribution in [3.63, 3.8) is 0 Å². The molecule has 0 N–H and O–H groups in total. The van der Waals surface area contributed by atoms with Gasteiger partial charge in [-0.3, -0.25) is 4.79 Å². The Kier molecular flexibility index (Phi) is 6.31. The lowest BCUT2D eigenvalue weighted by Gasteiger charge is -2.28. The van der Waals surface area contributed by atoms with Gasteiger partial charge in [-0.05, 0) is 37.5 Å².